The Bertz CT molecular complexity index is 639. The zero-order valence-corrected chi connectivity index (χ0v) is 17.2. The standard InChI is InChI=1S/C17H24N4S.HI/c1-5-18-17(20-11-16-19-10-13(3)22-16)21-14(4)15-9-7-6-8-12(15)2;/h6-10,14H,5,11H2,1-4H3,(H2,18,20,21);1H. The van der Waals surface area contributed by atoms with E-state index in [0.717, 1.165) is 17.5 Å². The Morgan fingerprint density at radius 3 is 2.65 bits per heavy atom. The molecular formula is C17H25IN4S. The van der Waals surface area contributed by atoms with Gasteiger partial charge in [-0.2, -0.15) is 0 Å². The molecular weight excluding hydrogens is 419 g/mol. The van der Waals surface area contributed by atoms with E-state index in [9.17, 15) is 0 Å². The summed E-state index contributed by atoms with van der Waals surface area (Å²) in [6.07, 6.45) is 1.89. The maximum absolute atomic E-state index is 4.63. The third kappa shape index (κ3) is 6.10. The van der Waals surface area contributed by atoms with Crippen LogP contribution in [0.25, 0.3) is 0 Å². The summed E-state index contributed by atoms with van der Waals surface area (Å²) in [5, 5.41) is 7.80. The van der Waals surface area contributed by atoms with Crippen LogP contribution < -0.4 is 10.6 Å². The van der Waals surface area contributed by atoms with Crippen LogP contribution in [-0.2, 0) is 6.54 Å². The largest absolute Gasteiger partial charge is 0.357 e. The number of aliphatic imine (C=N–C) groups is 1. The number of halogens is 1. The molecule has 0 aliphatic carbocycles. The van der Waals surface area contributed by atoms with E-state index in [4.69, 9.17) is 0 Å². The quantitative estimate of drug-likeness (QED) is 0.413. The summed E-state index contributed by atoms with van der Waals surface area (Å²) in [5.41, 5.74) is 2.58. The van der Waals surface area contributed by atoms with Gasteiger partial charge in [-0.1, -0.05) is 24.3 Å². The van der Waals surface area contributed by atoms with E-state index in [-0.39, 0.29) is 30.0 Å². The number of hydrogen-bond acceptors (Lipinski definition) is 3. The molecule has 2 aromatic rings. The number of hydrogen-bond donors (Lipinski definition) is 2. The molecule has 2 N–H and O–H groups in total. The summed E-state index contributed by atoms with van der Waals surface area (Å²) in [5.74, 6) is 0.825. The molecule has 0 aliphatic rings. The van der Waals surface area contributed by atoms with Gasteiger partial charge < -0.3 is 10.6 Å². The average Bonchev–Trinajstić information content (AvgIpc) is 2.91. The second kappa shape index (κ2) is 9.87. The highest BCUT2D eigenvalue weighted by atomic mass is 127. The van der Waals surface area contributed by atoms with Crippen molar-refractivity contribution < 1.29 is 0 Å². The zero-order chi connectivity index (χ0) is 15.9. The van der Waals surface area contributed by atoms with Crippen LogP contribution in [0, 0.1) is 13.8 Å². The molecule has 23 heavy (non-hydrogen) atoms. The fourth-order valence-electron chi connectivity index (χ4n) is 2.30. The molecule has 1 aromatic carbocycles. The van der Waals surface area contributed by atoms with Crippen molar-refractivity contribution in [1.29, 1.82) is 0 Å². The molecule has 6 heteroatoms. The van der Waals surface area contributed by atoms with Gasteiger partial charge in [-0.25, -0.2) is 9.98 Å². The van der Waals surface area contributed by atoms with Crippen molar-refractivity contribution >= 4 is 41.3 Å². The van der Waals surface area contributed by atoms with E-state index >= 15 is 0 Å². The molecule has 2 rings (SSSR count). The minimum atomic E-state index is 0. The Kier molecular flexibility index (Phi) is 8.54. The van der Waals surface area contributed by atoms with Gasteiger partial charge in [-0.3, -0.25) is 0 Å². The van der Waals surface area contributed by atoms with Crippen molar-refractivity contribution in [3.63, 3.8) is 0 Å². The molecule has 1 aromatic heterocycles. The van der Waals surface area contributed by atoms with Crippen LogP contribution >= 0.6 is 35.3 Å². The van der Waals surface area contributed by atoms with Crippen LogP contribution in [0.15, 0.2) is 35.5 Å². The molecule has 126 valence electrons. The maximum atomic E-state index is 4.63. The van der Waals surface area contributed by atoms with Crippen LogP contribution in [0.3, 0.4) is 0 Å². The van der Waals surface area contributed by atoms with Gasteiger partial charge in [0, 0.05) is 17.6 Å². The highest BCUT2D eigenvalue weighted by molar-refractivity contribution is 14.0. The average molecular weight is 444 g/mol. The Morgan fingerprint density at radius 2 is 2.04 bits per heavy atom. The minimum Gasteiger partial charge on any atom is -0.357 e. The highest BCUT2D eigenvalue weighted by Crippen LogP contribution is 2.16. The smallest absolute Gasteiger partial charge is 0.192 e. The van der Waals surface area contributed by atoms with Crippen LogP contribution in [0.4, 0.5) is 0 Å². The first-order valence-electron chi connectivity index (χ1n) is 7.61. The molecule has 0 aliphatic heterocycles. The van der Waals surface area contributed by atoms with Gasteiger partial charge in [0.15, 0.2) is 5.96 Å². The first-order chi connectivity index (χ1) is 10.6. The molecule has 1 unspecified atom stereocenters. The third-order valence-corrected chi connectivity index (χ3v) is 4.29. The predicted octanol–water partition coefficient (Wildman–Crippen LogP) is 4.19. The Morgan fingerprint density at radius 1 is 1.30 bits per heavy atom. The predicted molar refractivity (Wildman–Crippen MR) is 110 cm³/mol. The van der Waals surface area contributed by atoms with E-state index < -0.39 is 0 Å². The molecule has 0 fully saturated rings. The van der Waals surface area contributed by atoms with E-state index in [1.54, 1.807) is 11.3 Å². The first kappa shape index (κ1) is 19.9. The summed E-state index contributed by atoms with van der Waals surface area (Å²) in [6, 6.07) is 8.63. The van der Waals surface area contributed by atoms with Crippen LogP contribution in [0.1, 0.15) is 40.9 Å². The summed E-state index contributed by atoms with van der Waals surface area (Å²) in [6.45, 7) is 9.87. The van der Waals surface area contributed by atoms with E-state index in [1.165, 1.54) is 16.0 Å². The van der Waals surface area contributed by atoms with Gasteiger partial charge in [-0.15, -0.1) is 35.3 Å². The molecule has 4 nitrogen and oxygen atoms in total. The third-order valence-electron chi connectivity index (χ3n) is 3.39. The van der Waals surface area contributed by atoms with Crippen molar-refractivity contribution in [1.82, 2.24) is 15.6 Å². The van der Waals surface area contributed by atoms with Crippen molar-refractivity contribution in [2.24, 2.45) is 4.99 Å². The fraction of sp³-hybridized carbons (Fsp3) is 0.412. The van der Waals surface area contributed by atoms with Crippen molar-refractivity contribution in [3.05, 3.63) is 51.5 Å². The Hall–Kier alpha value is -1.15. The lowest BCUT2D eigenvalue weighted by atomic mass is 10.0. The summed E-state index contributed by atoms with van der Waals surface area (Å²) in [7, 11) is 0. The molecule has 0 saturated heterocycles. The van der Waals surface area contributed by atoms with E-state index in [2.05, 4.69) is 72.6 Å². The molecule has 1 heterocycles. The van der Waals surface area contributed by atoms with Crippen LogP contribution in [0.5, 0.6) is 0 Å². The molecule has 1 atom stereocenters. The molecule has 0 amide bonds. The number of aryl methyl sites for hydroxylation is 2. The number of nitrogens with zero attached hydrogens (tertiary/aromatic N) is 2. The van der Waals surface area contributed by atoms with Gasteiger partial charge in [-0.05, 0) is 38.8 Å². The van der Waals surface area contributed by atoms with Crippen molar-refractivity contribution in [3.8, 4) is 0 Å². The van der Waals surface area contributed by atoms with Gasteiger partial charge in [0.2, 0.25) is 0 Å². The second-order valence-corrected chi connectivity index (χ2v) is 6.60. The van der Waals surface area contributed by atoms with Gasteiger partial charge in [0.05, 0.1) is 12.6 Å². The molecule has 0 spiro atoms. The molecule has 0 saturated carbocycles. The van der Waals surface area contributed by atoms with Gasteiger partial charge >= 0.3 is 0 Å². The number of aromatic nitrogens is 1. The van der Waals surface area contributed by atoms with Crippen molar-refractivity contribution in [2.45, 2.75) is 40.3 Å². The Balaban J connectivity index is 0.00000264. The first-order valence-corrected chi connectivity index (χ1v) is 8.43. The molecule has 0 bridgehead atoms. The lowest BCUT2D eigenvalue weighted by molar-refractivity contribution is 0.682. The van der Waals surface area contributed by atoms with Gasteiger partial charge in [0.1, 0.15) is 5.01 Å². The Labute approximate surface area is 159 Å². The lowest BCUT2D eigenvalue weighted by Crippen LogP contribution is -2.38. The number of thiazole rings is 1. The normalized spacial score (nSPS) is 12.4. The highest BCUT2D eigenvalue weighted by Gasteiger charge is 2.09. The SMILES string of the molecule is CCNC(=NCc1ncc(C)s1)NC(C)c1ccccc1C.I. The van der Waals surface area contributed by atoms with Crippen LogP contribution in [0.2, 0.25) is 0 Å². The molecule has 0 radical (unpaired) electrons. The number of guanidine groups is 1. The van der Waals surface area contributed by atoms with Crippen LogP contribution in [-0.4, -0.2) is 17.5 Å². The maximum Gasteiger partial charge on any atom is 0.192 e. The lowest BCUT2D eigenvalue weighted by Gasteiger charge is -2.19. The van der Waals surface area contributed by atoms with E-state index in [1.807, 2.05) is 6.20 Å². The number of benzene rings is 1. The zero-order valence-electron chi connectivity index (χ0n) is 14.1. The van der Waals surface area contributed by atoms with Crippen molar-refractivity contribution in [2.75, 3.05) is 6.54 Å². The monoisotopic (exact) mass is 444 g/mol. The van der Waals surface area contributed by atoms with Gasteiger partial charge in [0.25, 0.3) is 0 Å². The second-order valence-electron chi connectivity index (χ2n) is 5.28. The fourth-order valence-corrected chi connectivity index (χ4v) is 3.01. The summed E-state index contributed by atoms with van der Waals surface area (Å²) in [4.78, 5) is 10.2. The summed E-state index contributed by atoms with van der Waals surface area (Å²) < 4.78 is 0. The van der Waals surface area contributed by atoms with E-state index in [0.29, 0.717) is 6.54 Å². The summed E-state index contributed by atoms with van der Waals surface area (Å²) >= 11 is 1.69. The number of rotatable bonds is 5. The number of nitrogens with one attached hydrogen (secondary N) is 2. The topological polar surface area (TPSA) is 49.3 Å². The minimum absolute atomic E-state index is 0.